The van der Waals surface area contributed by atoms with E-state index in [4.69, 9.17) is 10.5 Å². The van der Waals surface area contributed by atoms with Gasteiger partial charge in [0.25, 0.3) is 0 Å². The van der Waals surface area contributed by atoms with Gasteiger partial charge in [-0.05, 0) is 26.0 Å². The first-order valence-electron chi connectivity index (χ1n) is 9.10. The number of carbonyl (C=O) groups is 1. The van der Waals surface area contributed by atoms with Crippen LogP contribution in [0.1, 0.15) is 35.7 Å². The molecule has 6 nitrogen and oxygen atoms in total. The lowest BCUT2D eigenvalue weighted by molar-refractivity contribution is -0.116. The number of carbonyl (C=O) groups excluding carboxylic acids is 1. The van der Waals surface area contributed by atoms with E-state index in [9.17, 15) is 4.79 Å². The lowest BCUT2D eigenvalue weighted by atomic mass is 10.2. The summed E-state index contributed by atoms with van der Waals surface area (Å²) >= 11 is 1.62. The van der Waals surface area contributed by atoms with E-state index in [-0.39, 0.29) is 11.9 Å². The van der Waals surface area contributed by atoms with E-state index in [1.807, 2.05) is 24.4 Å². The molecule has 2 N–H and O–H groups in total. The second-order valence-corrected chi connectivity index (χ2v) is 8.23. The lowest BCUT2D eigenvalue weighted by Gasteiger charge is -2.19. The molecule has 0 radical (unpaired) electrons. The van der Waals surface area contributed by atoms with Crippen molar-refractivity contribution >= 4 is 29.0 Å². The van der Waals surface area contributed by atoms with Crippen molar-refractivity contribution in [1.29, 1.82) is 0 Å². The Hall–Kier alpha value is -2.25. The number of ether oxygens (including phenoxy) is 1. The zero-order valence-electron chi connectivity index (χ0n) is 16.0. The van der Waals surface area contributed by atoms with Gasteiger partial charge in [0, 0.05) is 67.2 Å². The van der Waals surface area contributed by atoms with Gasteiger partial charge in [0.1, 0.15) is 22.6 Å². The summed E-state index contributed by atoms with van der Waals surface area (Å²) in [6, 6.07) is 6.17. The average molecular weight is 387 g/mol. The van der Waals surface area contributed by atoms with Crippen molar-refractivity contribution in [2.75, 3.05) is 19.3 Å². The number of aliphatic imine (C=N–C) groups is 1. The van der Waals surface area contributed by atoms with Crippen molar-refractivity contribution in [3.05, 3.63) is 39.8 Å². The molecule has 0 amide bonds. The largest absolute Gasteiger partial charge is 0.489 e. The van der Waals surface area contributed by atoms with Gasteiger partial charge < -0.3 is 10.5 Å². The van der Waals surface area contributed by atoms with E-state index in [1.54, 1.807) is 31.5 Å². The van der Waals surface area contributed by atoms with Crippen LogP contribution in [0.3, 0.4) is 0 Å². The average Bonchev–Trinajstić information content (AvgIpc) is 3.16. The van der Waals surface area contributed by atoms with Crippen molar-refractivity contribution in [2.45, 2.75) is 45.4 Å². The number of anilines is 1. The summed E-state index contributed by atoms with van der Waals surface area (Å²) in [5, 5.41) is 0.892. The first-order chi connectivity index (χ1) is 12.9. The fourth-order valence-corrected chi connectivity index (χ4v) is 4.36. The normalized spacial score (nSPS) is 20.4. The molecule has 1 aliphatic heterocycles. The van der Waals surface area contributed by atoms with Crippen molar-refractivity contribution in [2.24, 2.45) is 4.99 Å². The molecule has 0 spiro atoms. The Morgan fingerprint density at radius 3 is 3.04 bits per heavy atom. The molecule has 27 heavy (non-hydrogen) atoms. The first kappa shape index (κ1) is 19.5. The topological polar surface area (TPSA) is 80.8 Å². The van der Waals surface area contributed by atoms with Crippen LogP contribution in [-0.2, 0) is 17.8 Å². The molecule has 1 aromatic heterocycles. The Morgan fingerprint density at radius 2 is 2.33 bits per heavy atom. The molecule has 0 unspecified atom stereocenters. The van der Waals surface area contributed by atoms with Crippen LogP contribution in [0.4, 0.5) is 5.69 Å². The summed E-state index contributed by atoms with van der Waals surface area (Å²) in [5.74, 6) is 0.941. The van der Waals surface area contributed by atoms with Gasteiger partial charge in [-0.3, -0.25) is 14.7 Å². The molecule has 1 fully saturated rings. The molecular weight excluding hydrogens is 360 g/mol. The SMILES string of the molecule is CN=Cc1ccc(O[C@@H]2C[C@H](C)N(Cc3cnc(CC(C)=O)s3)C2)cc1N. The Bertz CT molecular complexity index is 833. The highest BCUT2D eigenvalue weighted by molar-refractivity contribution is 7.11. The molecule has 0 bridgehead atoms. The maximum absolute atomic E-state index is 11.2. The molecule has 1 saturated heterocycles. The number of rotatable bonds is 7. The molecule has 144 valence electrons. The number of nitrogen functional groups attached to an aromatic ring is 1. The number of benzene rings is 1. The standard InChI is InChI=1S/C20H26N4O2S/c1-13-6-17(26-16-5-4-15(9-22-3)19(21)8-16)11-24(13)12-18-10-23-20(27-18)7-14(2)25/h4-5,8-10,13,17H,6-7,11-12,21H2,1-3H3/t13-,17+/m0/s1. The van der Waals surface area contributed by atoms with Crippen LogP contribution < -0.4 is 10.5 Å². The summed E-state index contributed by atoms with van der Waals surface area (Å²) in [7, 11) is 1.73. The molecule has 0 saturated carbocycles. The van der Waals surface area contributed by atoms with Crippen molar-refractivity contribution in [3.63, 3.8) is 0 Å². The van der Waals surface area contributed by atoms with Gasteiger partial charge in [-0.25, -0.2) is 4.98 Å². The Balaban J connectivity index is 1.58. The van der Waals surface area contributed by atoms with Crippen LogP contribution in [0.15, 0.2) is 29.4 Å². The predicted octanol–water partition coefficient (Wildman–Crippen LogP) is 2.95. The highest BCUT2D eigenvalue weighted by Gasteiger charge is 2.30. The van der Waals surface area contributed by atoms with E-state index in [2.05, 4.69) is 21.8 Å². The van der Waals surface area contributed by atoms with E-state index in [1.165, 1.54) is 4.88 Å². The van der Waals surface area contributed by atoms with Gasteiger partial charge in [-0.1, -0.05) is 0 Å². The summed E-state index contributed by atoms with van der Waals surface area (Å²) in [4.78, 5) is 23.2. The van der Waals surface area contributed by atoms with Crippen LogP contribution in [0.2, 0.25) is 0 Å². The Kier molecular flexibility index (Phi) is 6.23. The van der Waals surface area contributed by atoms with E-state index in [0.717, 1.165) is 35.8 Å². The lowest BCUT2D eigenvalue weighted by Crippen LogP contribution is -2.27. The second-order valence-electron chi connectivity index (χ2n) is 7.03. The zero-order valence-corrected chi connectivity index (χ0v) is 16.8. The molecule has 7 heteroatoms. The number of hydrogen-bond acceptors (Lipinski definition) is 7. The van der Waals surface area contributed by atoms with Gasteiger partial charge in [-0.2, -0.15) is 0 Å². The number of hydrogen-bond donors (Lipinski definition) is 1. The summed E-state index contributed by atoms with van der Waals surface area (Å²) in [6.07, 6.45) is 5.16. The first-order valence-corrected chi connectivity index (χ1v) is 9.91. The number of ketones is 1. The van der Waals surface area contributed by atoms with E-state index >= 15 is 0 Å². The second kappa shape index (κ2) is 8.63. The number of aromatic nitrogens is 1. The number of nitrogens with two attached hydrogens (primary N) is 1. The van der Waals surface area contributed by atoms with Crippen LogP contribution in [-0.4, -0.2) is 47.6 Å². The smallest absolute Gasteiger partial charge is 0.136 e. The maximum Gasteiger partial charge on any atom is 0.136 e. The summed E-state index contributed by atoms with van der Waals surface area (Å²) < 4.78 is 6.16. The van der Waals surface area contributed by atoms with Crippen molar-refractivity contribution < 1.29 is 9.53 Å². The fourth-order valence-electron chi connectivity index (χ4n) is 3.34. The molecule has 1 aliphatic rings. The number of likely N-dealkylation sites (tertiary alicyclic amines) is 1. The van der Waals surface area contributed by atoms with Gasteiger partial charge in [0.2, 0.25) is 0 Å². The van der Waals surface area contributed by atoms with Gasteiger partial charge >= 0.3 is 0 Å². The zero-order chi connectivity index (χ0) is 19.4. The molecule has 2 heterocycles. The fraction of sp³-hybridized carbons (Fsp3) is 0.450. The quantitative estimate of drug-likeness (QED) is 0.584. The highest BCUT2D eigenvalue weighted by Crippen LogP contribution is 2.27. The molecule has 2 aromatic rings. The third-order valence-electron chi connectivity index (χ3n) is 4.66. The van der Waals surface area contributed by atoms with Crippen LogP contribution in [0.5, 0.6) is 5.75 Å². The van der Waals surface area contributed by atoms with Crippen LogP contribution in [0.25, 0.3) is 0 Å². The summed E-state index contributed by atoms with van der Waals surface area (Å²) in [6.45, 7) is 5.51. The van der Waals surface area contributed by atoms with Gasteiger partial charge in [0.15, 0.2) is 0 Å². The van der Waals surface area contributed by atoms with Crippen molar-refractivity contribution in [3.8, 4) is 5.75 Å². The number of nitrogens with zero attached hydrogens (tertiary/aromatic N) is 3. The van der Waals surface area contributed by atoms with E-state index in [0.29, 0.717) is 18.2 Å². The number of thiazole rings is 1. The minimum atomic E-state index is 0.134. The number of Topliss-reactive ketones (excluding diaryl/α,β-unsaturated/α-hetero) is 1. The molecular formula is C20H26N4O2S. The minimum Gasteiger partial charge on any atom is -0.489 e. The minimum absolute atomic E-state index is 0.134. The molecule has 3 rings (SSSR count). The van der Waals surface area contributed by atoms with Crippen molar-refractivity contribution in [1.82, 2.24) is 9.88 Å². The molecule has 1 aromatic carbocycles. The molecule has 0 aliphatic carbocycles. The highest BCUT2D eigenvalue weighted by atomic mass is 32.1. The van der Waals surface area contributed by atoms with Crippen LogP contribution >= 0.6 is 11.3 Å². The van der Waals surface area contributed by atoms with Gasteiger partial charge in [0.05, 0.1) is 6.42 Å². The monoisotopic (exact) mass is 386 g/mol. The van der Waals surface area contributed by atoms with E-state index < -0.39 is 0 Å². The van der Waals surface area contributed by atoms with Crippen LogP contribution in [0, 0.1) is 0 Å². The summed E-state index contributed by atoms with van der Waals surface area (Å²) in [5.41, 5.74) is 7.63. The third kappa shape index (κ3) is 5.14. The predicted molar refractivity (Wildman–Crippen MR) is 110 cm³/mol. The third-order valence-corrected chi connectivity index (χ3v) is 5.64. The Labute approximate surface area is 164 Å². The molecule has 2 atom stereocenters. The maximum atomic E-state index is 11.2. The Morgan fingerprint density at radius 1 is 1.52 bits per heavy atom. The van der Waals surface area contributed by atoms with Gasteiger partial charge in [-0.15, -0.1) is 11.3 Å².